The van der Waals surface area contributed by atoms with Gasteiger partial charge in [-0.05, 0) is 49.7 Å². The molecule has 0 aromatic heterocycles. The average molecular weight is 334 g/mol. The van der Waals surface area contributed by atoms with Crippen molar-refractivity contribution in [2.24, 2.45) is 0 Å². The van der Waals surface area contributed by atoms with Gasteiger partial charge in [-0.2, -0.15) is 0 Å². The standard InChI is InChI=1S/C20H32BFO2/c1-17(2,3)14-10-15(18(4,5)13-22)12-16(11-14)21-23-19(6,7)20(8,9)24-21/h10-12H,13H2,1-9H3. The Morgan fingerprint density at radius 1 is 0.875 bits per heavy atom. The fraction of sp³-hybridized carbons (Fsp3) is 0.700. The molecule has 1 aliphatic heterocycles. The van der Waals surface area contributed by atoms with E-state index in [1.54, 1.807) is 0 Å². The molecule has 24 heavy (non-hydrogen) atoms. The number of hydrogen-bond acceptors (Lipinski definition) is 2. The summed E-state index contributed by atoms with van der Waals surface area (Å²) in [5.41, 5.74) is 1.81. The van der Waals surface area contributed by atoms with Crippen LogP contribution in [0.5, 0.6) is 0 Å². The molecule has 0 unspecified atom stereocenters. The SMILES string of the molecule is CC(C)(C)c1cc(B2OC(C)(C)C(C)(C)O2)cc(C(C)(C)CF)c1. The molecule has 1 aliphatic rings. The van der Waals surface area contributed by atoms with E-state index in [-0.39, 0.29) is 16.6 Å². The molecule has 0 radical (unpaired) electrons. The first kappa shape index (κ1) is 19.5. The van der Waals surface area contributed by atoms with Crippen molar-refractivity contribution >= 4 is 12.6 Å². The summed E-state index contributed by atoms with van der Waals surface area (Å²) >= 11 is 0. The lowest BCUT2D eigenvalue weighted by Gasteiger charge is -2.32. The van der Waals surface area contributed by atoms with Gasteiger partial charge in [0.2, 0.25) is 0 Å². The van der Waals surface area contributed by atoms with Gasteiger partial charge in [-0.25, -0.2) is 0 Å². The predicted octanol–water partition coefficient (Wildman–Crippen LogP) is 4.53. The third-order valence-electron chi connectivity index (χ3n) is 5.46. The molecule has 0 saturated carbocycles. The molecule has 2 nitrogen and oxygen atoms in total. The summed E-state index contributed by atoms with van der Waals surface area (Å²) in [5, 5.41) is 0. The number of rotatable bonds is 3. The summed E-state index contributed by atoms with van der Waals surface area (Å²) in [6.45, 7) is 18.2. The molecule has 0 aliphatic carbocycles. The van der Waals surface area contributed by atoms with Gasteiger partial charge in [0.1, 0.15) is 0 Å². The van der Waals surface area contributed by atoms with E-state index in [0.717, 1.165) is 11.0 Å². The molecule has 0 bridgehead atoms. The smallest absolute Gasteiger partial charge is 0.399 e. The van der Waals surface area contributed by atoms with E-state index >= 15 is 0 Å². The molecule has 0 spiro atoms. The van der Waals surface area contributed by atoms with Crippen molar-refractivity contribution in [3.8, 4) is 0 Å². The summed E-state index contributed by atoms with van der Waals surface area (Å²) in [6, 6.07) is 6.30. The highest BCUT2D eigenvalue weighted by molar-refractivity contribution is 6.62. The van der Waals surface area contributed by atoms with Gasteiger partial charge < -0.3 is 9.31 Å². The number of benzene rings is 1. The summed E-state index contributed by atoms with van der Waals surface area (Å²) in [5.74, 6) is 0. The average Bonchev–Trinajstić information content (AvgIpc) is 2.66. The van der Waals surface area contributed by atoms with E-state index in [4.69, 9.17) is 9.31 Å². The lowest BCUT2D eigenvalue weighted by atomic mass is 9.71. The van der Waals surface area contributed by atoms with Crippen LogP contribution in [0.15, 0.2) is 18.2 Å². The fourth-order valence-electron chi connectivity index (χ4n) is 2.67. The zero-order valence-corrected chi connectivity index (χ0v) is 16.7. The number of halogens is 1. The molecule has 0 atom stereocenters. The van der Waals surface area contributed by atoms with E-state index in [1.807, 2.05) is 47.6 Å². The van der Waals surface area contributed by atoms with Gasteiger partial charge >= 0.3 is 7.12 Å². The molecule has 1 saturated heterocycles. The van der Waals surface area contributed by atoms with E-state index in [1.165, 1.54) is 5.56 Å². The van der Waals surface area contributed by atoms with Gasteiger partial charge in [-0.3, -0.25) is 4.39 Å². The highest BCUT2D eigenvalue weighted by Gasteiger charge is 2.52. The van der Waals surface area contributed by atoms with E-state index in [0.29, 0.717) is 0 Å². The maximum absolute atomic E-state index is 13.6. The second-order valence-corrected chi connectivity index (χ2v) is 9.70. The highest BCUT2D eigenvalue weighted by Crippen LogP contribution is 2.37. The Hall–Kier alpha value is -0.865. The van der Waals surface area contributed by atoms with Crippen LogP contribution < -0.4 is 5.46 Å². The van der Waals surface area contributed by atoms with Crippen LogP contribution in [0.1, 0.15) is 73.4 Å². The van der Waals surface area contributed by atoms with Crippen molar-refractivity contribution < 1.29 is 13.7 Å². The zero-order chi connectivity index (χ0) is 18.6. The van der Waals surface area contributed by atoms with E-state index < -0.39 is 19.2 Å². The van der Waals surface area contributed by atoms with Gasteiger partial charge in [0.25, 0.3) is 0 Å². The zero-order valence-electron chi connectivity index (χ0n) is 16.7. The van der Waals surface area contributed by atoms with Gasteiger partial charge in [0.15, 0.2) is 0 Å². The molecule has 0 N–H and O–H groups in total. The Morgan fingerprint density at radius 3 is 1.75 bits per heavy atom. The number of alkyl halides is 1. The molecule has 1 aromatic rings. The van der Waals surface area contributed by atoms with Crippen LogP contribution in [0.25, 0.3) is 0 Å². The van der Waals surface area contributed by atoms with Crippen LogP contribution in [0.2, 0.25) is 0 Å². The van der Waals surface area contributed by atoms with Gasteiger partial charge in [0, 0.05) is 5.41 Å². The fourth-order valence-corrected chi connectivity index (χ4v) is 2.67. The van der Waals surface area contributed by atoms with Crippen LogP contribution in [0.4, 0.5) is 4.39 Å². The minimum Gasteiger partial charge on any atom is -0.399 e. The largest absolute Gasteiger partial charge is 0.494 e. The van der Waals surface area contributed by atoms with Crippen LogP contribution in [-0.4, -0.2) is 25.0 Å². The van der Waals surface area contributed by atoms with E-state index in [2.05, 4.69) is 32.9 Å². The first-order valence-corrected chi connectivity index (χ1v) is 8.77. The summed E-state index contributed by atoms with van der Waals surface area (Å²) in [6.07, 6.45) is 0. The van der Waals surface area contributed by atoms with Crippen LogP contribution in [0, 0.1) is 0 Å². The number of hydrogen-bond donors (Lipinski definition) is 0. The molecule has 0 amide bonds. The molecular weight excluding hydrogens is 302 g/mol. The van der Waals surface area contributed by atoms with Crippen LogP contribution >= 0.6 is 0 Å². The van der Waals surface area contributed by atoms with Gasteiger partial charge in [-0.15, -0.1) is 0 Å². The summed E-state index contributed by atoms with van der Waals surface area (Å²) in [4.78, 5) is 0. The first-order chi connectivity index (χ1) is 10.7. The third-order valence-corrected chi connectivity index (χ3v) is 5.46. The van der Waals surface area contributed by atoms with E-state index in [9.17, 15) is 4.39 Å². The molecule has 1 aromatic carbocycles. The van der Waals surface area contributed by atoms with Crippen molar-refractivity contribution in [2.75, 3.05) is 6.67 Å². The van der Waals surface area contributed by atoms with Gasteiger partial charge in [-0.1, -0.05) is 52.8 Å². The molecule has 1 fully saturated rings. The maximum atomic E-state index is 13.6. The van der Waals surface area contributed by atoms with Gasteiger partial charge in [0.05, 0.1) is 17.9 Å². The minimum atomic E-state index is -0.528. The maximum Gasteiger partial charge on any atom is 0.494 e. The quantitative estimate of drug-likeness (QED) is 0.756. The second-order valence-electron chi connectivity index (χ2n) is 9.70. The lowest BCUT2D eigenvalue weighted by Crippen LogP contribution is -2.41. The van der Waals surface area contributed by atoms with Crippen molar-refractivity contribution in [3.05, 3.63) is 29.3 Å². The highest BCUT2D eigenvalue weighted by atomic mass is 19.1. The molecule has 134 valence electrons. The Balaban J connectivity index is 2.53. The monoisotopic (exact) mass is 334 g/mol. The Kier molecular flexibility index (Phi) is 4.74. The van der Waals surface area contributed by atoms with Crippen LogP contribution in [-0.2, 0) is 20.1 Å². The van der Waals surface area contributed by atoms with Crippen molar-refractivity contribution in [1.29, 1.82) is 0 Å². The third kappa shape index (κ3) is 3.55. The summed E-state index contributed by atoms with van der Waals surface area (Å²) < 4.78 is 26.0. The molecular formula is C20H32BFO2. The van der Waals surface area contributed by atoms with Crippen molar-refractivity contribution in [1.82, 2.24) is 0 Å². The Morgan fingerprint density at radius 2 is 1.33 bits per heavy atom. The molecule has 1 heterocycles. The second kappa shape index (κ2) is 5.84. The molecule has 2 rings (SSSR count). The van der Waals surface area contributed by atoms with Crippen molar-refractivity contribution in [3.63, 3.8) is 0 Å². The Bertz CT molecular complexity index is 599. The lowest BCUT2D eigenvalue weighted by molar-refractivity contribution is 0.00578. The normalized spacial score (nSPS) is 20.5. The minimum absolute atomic E-state index is 0.0270. The van der Waals surface area contributed by atoms with Crippen molar-refractivity contribution in [2.45, 2.75) is 84.3 Å². The van der Waals surface area contributed by atoms with Crippen LogP contribution in [0.3, 0.4) is 0 Å². The molecule has 4 heteroatoms. The summed E-state index contributed by atoms with van der Waals surface area (Å²) in [7, 11) is -0.425. The topological polar surface area (TPSA) is 18.5 Å². The predicted molar refractivity (Wildman–Crippen MR) is 99.9 cm³/mol. The first-order valence-electron chi connectivity index (χ1n) is 8.77. The Labute approximate surface area is 147 Å².